The fraction of sp³-hybridized carbons (Fsp3) is 0.0625. The van der Waals surface area contributed by atoms with Gasteiger partial charge in [-0.25, -0.2) is 4.98 Å². The largest absolute Gasteiger partial charge is 0.508 e. The molecule has 2 N–H and O–H groups in total. The van der Waals surface area contributed by atoms with E-state index in [1.165, 1.54) is 11.3 Å². The van der Waals surface area contributed by atoms with Gasteiger partial charge < -0.3 is 19.9 Å². The number of anilines is 2. The second kappa shape index (κ2) is 5.23. The predicted molar refractivity (Wildman–Crippen MR) is 85.1 cm³/mol. The summed E-state index contributed by atoms with van der Waals surface area (Å²) in [5.74, 6) is 1.76. The molecule has 0 amide bonds. The van der Waals surface area contributed by atoms with Crippen LogP contribution in [0.2, 0.25) is 0 Å². The molecular weight excluding hydrogens is 300 g/mol. The summed E-state index contributed by atoms with van der Waals surface area (Å²) in [5, 5.41) is 15.3. The number of phenolic OH excluding ortho intramolecular Hbond substituents is 1. The summed E-state index contributed by atoms with van der Waals surface area (Å²) in [6.45, 7) is 0.267. The summed E-state index contributed by atoms with van der Waals surface area (Å²) in [5.41, 5.74) is 2.74. The standard InChI is InChI=1S/C16H12N2O3S/c19-12-4-2-11(3-5-12)17-16-18-13(8-22-16)10-1-6-14-15(7-10)21-9-20-14/h1-8,19H,9H2,(H,17,18). The van der Waals surface area contributed by atoms with Crippen molar-refractivity contribution in [3.05, 3.63) is 47.8 Å². The number of fused-ring (bicyclic) bond motifs is 1. The van der Waals surface area contributed by atoms with Gasteiger partial charge in [0.1, 0.15) is 5.75 Å². The number of benzene rings is 2. The zero-order chi connectivity index (χ0) is 14.9. The number of nitrogens with zero attached hydrogens (tertiary/aromatic N) is 1. The average Bonchev–Trinajstić information content (AvgIpc) is 3.17. The van der Waals surface area contributed by atoms with E-state index in [1.54, 1.807) is 24.3 Å². The number of phenols is 1. The van der Waals surface area contributed by atoms with Crippen LogP contribution >= 0.6 is 11.3 Å². The zero-order valence-electron chi connectivity index (χ0n) is 11.4. The van der Waals surface area contributed by atoms with Crippen molar-refractivity contribution in [2.45, 2.75) is 0 Å². The van der Waals surface area contributed by atoms with Gasteiger partial charge in [0.2, 0.25) is 6.79 Å². The minimum Gasteiger partial charge on any atom is -0.508 e. The maximum absolute atomic E-state index is 9.29. The van der Waals surface area contributed by atoms with Gasteiger partial charge in [0.15, 0.2) is 16.6 Å². The SMILES string of the molecule is Oc1ccc(Nc2nc(-c3ccc4c(c3)OCO4)cs2)cc1. The molecule has 0 fully saturated rings. The Morgan fingerprint density at radius 2 is 1.86 bits per heavy atom. The molecule has 0 unspecified atom stereocenters. The minimum atomic E-state index is 0.241. The van der Waals surface area contributed by atoms with Gasteiger partial charge in [-0.3, -0.25) is 0 Å². The van der Waals surface area contributed by atoms with Gasteiger partial charge in [-0.05, 0) is 42.5 Å². The first-order valence-electron chi connectivity index (χ1n) is 6.69. The maximum Gasteiger partial charge on any atom is 0.231 e. The highest BCUT2D eigenvalue weighted by Gasteiger charge is 2.15. The van der Waals surface area contributed by atoms with Crippen LogP contribution in [0.25, 0.3) is 11.3 Å². The molecule has 0 atom stereocenters. The molecule has 0 aliphatic carbocycles. The third-order valence-corrected chi connectivity index (χ3v) is 4.05. The van der Waals surface area contributed by atoms with Crippen LogP contribution in [-0.2, 0) is 0 Å². The normalized spacial score (nSPS) is 12.4. The number of aromatic hydroxyl groups is 1. The van der Waals surface area contributed by atoms with Crippen LogP contribution in [-0.4, -0.2) is 16.9 Å². The molecule has 22 heavy (non-hydrogen) atoms. The third kappa shape index (κ3) is 2.44. The molecule has 1 aliphatic rings. The van der Waals surface area contributed by atoms with E-state index in [1.807, 2.05) is 23.6 Å². The number of rotatable bonds is 3. The van der Waals surface area contributed by atoms with E-state index in [0.29, 0.717) is 0 Å². The topological polar surface area (TPSA) is 63.6 Å². The maximum atomic E-state index is 9.29. The molecule has 6 heteroatoms. The average molecular weight is 312 g/mol. The number of thiazole rings is 1. The van der Waals surface area contributed by atoms with Crippen LogP contribution in [0.4, 0.5) is 10.8 Å². The Bertz CT molecular complexity index is 815. The highest BCUT2D eigenvalue weighted by molar-refractivity contribution is 7.14. The van der Waals surface area contributed by atoms with Crippen molar-refractivity contribution in [2.24, 2.45) is 0 Å². The van der Waals surface area contributed by atoms with Crippen LogP contribution in [0.15, 0.2) is 47.8 Å². The summed E-state index contributed by atoms with van der Waals surface area (Å²) in [4.78, 5) is 4.57. The molecule has 1 aromatic heterocycles. The van der Waals surface area contributed by atoms with E-state index >= 15 is 0 Å². The Balaban J connectivity index is 1.57. The van der Waals surface area contributed by atoms with Gasteiger partial charge in [0, 0.05) is 16.6 Å². The van der Waals surface area contributed by atoms with E-state index < -0.39 is 0 Å². The van der Waals surface area contributed by atoms with Crippen LogP contribution in [0.5, 0.6) is 17.2 Å². The summed E-state index contributed by atoms with van der Waals surface area (Å²) in [6.07, 6.45) is 0. The lowest BCUT2D eigenvalue weighted by molar-refractivity contribution is 0.174. The van der Waals surface area contributed by atoms with Crippen molar-refractivity contribution in [1.82, 2.24) is 4.98 Å². The molecule has 0 radical (unpaired) electrons. The van der Waals surface area contributed by atoms with Gasteiger partial charge in [0.05, 0.1) is 5.69 Å². The lowest BCUT2D eigenvalue weighted by Crippen LogP contribution is -1.92. The van der Waals surface area contributed by atoms with Crippen LogP contribution in [0.3, 0.4) is 0 Å². The van der Waals surface area contributed by atoms with Crippen molar-refractivity contribution in [3.8, 4) is 28.5 Å². The number of nitrogens with one attached hydrogen (secondary N) is 1. The molecular formula is C16H12N2O3S. The fourth-order valence-electron chi connectivity index (χ4n) is 2.19. The van der Waals surface area contributed by atoms with Crippen LogP contribution < -0.4 is 14.8 Å². The summed E-state index contributed by atoms with van der Waals surface area (Å²) < 4.78 is 10.7. The van der Waals surface area contributed by atoms with Crippen LogP contribution in [0, 0.1) is 0 Å². The van der Waals surface area contributed by atoms with Crippen molar-refractivity contribution >= 4 is 22.2 Å². The molecule has 2 aromatic carbocycles. The molecule has 5 nitrogen and oxygen atoms in total. The summed E-state index contributed by atoms with van der Waals surface area (Å²) in [7, 11) is 0. The van der Waals surface area contributed by atoms with Crippen molar-refractivity contribution < 1.29 is 14.6 Å². The van der Waals surface area contributed by atoms with Gasteiger partial charge in [-0.15, -0.1) is 11.3 Å². The van der Waals surface area contributed by atoms with E-state index in [0.717, 1.165) is 33.6 Å². The fourth-order valence-corrected chi connectivity index (χ4v) is 2.93. The molecule has 1 aliphatic heterocycles. The molecule has 0 saturated heterocycles. The third-order valence-electron chi connectivity index (χ3n) is 3.29. The number of hydrogen-bond donors (Lipinski definition) is 2. The van der Waals surface area contributed by atoms with Gasteiger partial charge >= 0.3 is 0 Å². The van der Waals surface area contributed by atoms with Crippen molar-refractivity contribution in [3.63, 3.8) is 0 Å². The highest BCUT2D eigenvalue weighted by atomic mass is 32.1. The lowest BCUT2D eigenvalue weighted by Gasteiger charge is -2.02. The Morgan fingerprint density at radius 3 is 2.73 bits per heavy atom. The van der Waals surface area contributed by atoms with Crippen molar-refractivity contribution in [2.75, 3.05) is 12.1 Å². The Kier molecular flexibility index (Phi) is 3.08. The predicted octanol–water partition coefficient (Wildman–Crippen LogP) is 3.99. The Morgan fingerprint density at radius 1 is 1.05 bits per heavy atom. The molecule has 4 rings (SSSR count). The van der Waals surface area contributed by atoms with Gasteiger partial charge in [-0.2, -0.15) is 0 Å². The monoisotopic (exact) mass is 312 g/mol. The first-order valence-corrected chi connectivity index (χ1v) is 7.57. The molecule has 2 heterocycles. The number of aromatic nitrogens is 1. The molecule has 110 valence electrons. The molecule has 0 bridgehead atoms. The zero-order valence-corrected chi connectivity index (χ0v) is 12.3. The van der Waals surface area contributed by atoms with E-state index in [2.05, 4.69) is 10.3 Å². The quantitative estimate of drug-likeness (QED) is 0.716. The number of ether oxygens (including phenoxy) is 2. The summed E-state index contributed by atoms with van der Waals surface area (Å²) in [6, 6.07) is 12.7. The first kappa shape index (κ1) is 13.0. The summed E-state index contributed by atoms with van der Waals surface area (Å²) >= 11 is 1.52. The second-order valence-corrected chi connectivity index (χ2v) is 5.64. The lowest BCUT2D eigenvalue weighted by atomic mass is 10.1. The Hall–Kier alpha value is -2.73. The molecule has 0 saturated carbocycles. The van der Waals surface area contributed by atoms with E-state index in [4.69, 9.17) is 9.47 Å². The van der Waals surface area contributed by atoms with Crippen LogP contribution in [0.1, 0.15) is 0 Å². The molecule has 0 spiro atoms. The van der Waals surface area contributed by atoms with Gasteiger partial charge in [0.25, 0.3) is 0 Å². The first-order chi connectivity index (χ1) is 10.8. The smallest absolute Gasteiger partial charge is 0.231 e. The Labute approximate surface area is 130 Å². The van der Waals surface area contributed by atoms with Crippen molar-refractivity contribution in [1.29, 1.82) is 0 Å². The number of hydrogen-bond acceptors (Lipinski definition) is 6. The highest BCUT2D eigenvalue weighted by Crippen LogP contribution is 2.36. The second-order valence-electron chi connectivity index (χ2n) is 4.78. The molecule has 3 aromatic rings. The van der Waals surface area contributed by atoms with Gasteiger partial charge in [-0.1, -0.05) is 0 Å². The van der Waals surface area contributed by atoms with E-state index in [-0.39, 0.29) is 12.5 Å². The minimum absolute atomic E-state index is 0.241. The van der Waals surface area contributed by atoms with E-state index in [9.17, 15) is 5.11 Å².